The van der Waals surface area contributed by atoms with Crippen LogP contribution in [-0.2, 0) is 16.7 Å². The molecule has 1 rings (SSSR count). The summed E-state index contributed by atoms with van der Waals surface area (Å²) < 4.78 is 28.8. The highest BCUT2D eigenvalue weighted by Crippen LogP contribution is 1.99. The van der Waals surface area contributed by atoms with Gasteiger partial charge in [0.15, 0.2) is 0 Å². The Morgan fingerprint density at radius 1 is 1.67 bits per heavy atom. The fourth-order valence-electron chi connectivity index (χ4n) is 0.560. The molecular formula is C4H7N3O3S2. The van der Waals surface area contributed by atoms with Crippen LogP contribution in [0.15, 0.2) is 5.51 Å². The Balaban J connectivity index is 2.29. The van der Waals surface area contributed by atoms with E-state index >= 15 is 0 Å². The molecule has 2 N–H and O–H groups in total. The zero-order valence-electron chi connectivity index (χ0n) is 5.97. The topological polar surface area (TPSA) is 92.2 Å². The van der Waals surface area contributed by atoms with Crippen molar-refractivity contribution in [3.05, 3.63) is 10.5 Å². The highest BCUT2D eigenvalue weighted by Gasteiger charge is 2.03. The van der Waals surface area contributed by atoms with Gasteiger partial charge in [-0.2, -0.15) is 8.42 Å². The van der Waals surface area contributed by atoms with E-state index in [1.807, 2.05) is 0 Å². The molecule has 0 radical (unpaired) electrons. The normalized spacial score (nSPS) is 11.8. The number of hydrogen-bond donors (Lipinski definition) is 2. The lowest BCUT2D eigenvalue weighted by Gasteiger charge is -1.97. The second-order valence-corrected chi connectivity index (χ2v) is 4.36. The summed E-state index contributed by atoms with van der Waals surface area (Å²) in [6, 6.07) is 0. The first kappa shape index (κ1) is 9.52. The molecule has 0 saturated heterocycles. The first-order valence-electron chi connectivity index (χ1n) is 2.99. The van der Waals surface area contributed by atoms with Crippen LogP contribution in [0.5, 0.6) is 0 Å². The molecule has 0 saturated carbocycles. The van der Waals surface area contributed by atoms with Gasteiger partial charge in [-0.3, -0.25) is 9.87 Å². The maximum absolute atomic E-state index is 10.2. The minimum absolute atomic E-state index is 0.296. The van der Waals surface area contributed by atoms with E-state index in [0.717, 1.165) is 0 Å². The van der Waals surface area contributed by atoms with Crippen molar-refractivity contribution in [1.29, 1.82) is 0 Å². The van der Waals surface area contributed by atoms with E-state index in [4.69, 9.17) is 4.55 Å². The van der Waals surface area contributed by atoms with Crippen molar-refractivity contribution >= 4 is 21.5 Å². The number of aromatic nitrogens is 2. The molecule has 0 unspecified atom stereocenters. The third-order valence-corrected chi connectivity index (χ3v) is 2.23. The molecule has 0 aliphatic carbocycles. The third kappa shape index (κ3) is 3.72. The van der Waals surface area contributed by atoms with Crippen LogP contribution in [0.25, 0.3) is 0 Å². The summed E-state index contributed by atoms with van der Waals surface area (Å²) in [5.74, 6) is -0.466. The maximum Gasteiger partial charge on any atom is 0.278 e. The minimum atomic E-state index is -3.93. The minimum Gasteiger partial charge on any atom is -0.295 e. The van der Waals surface area contributed by atoms with Gasteiger partial charge in [-0.15, -0.1) is 21.5 Å². The standard InChI is InChI=1S/C4H7N3O3S2/c8-12(9,10)3-5-1-4-7-6-2-11-4/h2,5H,1,3H2,(H,8,9,10). The van der Waals surface area contributed by atoms with E-state index in [0.29, 0.717) is 11.6 Å². The van der Waals surface area contributed by atoms with Crippen LogP contribution < -0.4 is 5.32 Å². The third-order valence-electron chi connectivity index (χ3n) is 0.966. The average Bonchev–Trinajstić information content (AvgIpc) is 2.36. The Labute approximate surface area is 73.4 Å². The Bertz CT molecular complexity index is 319. The predicted molar refractivity (Wildman–Crippen MR) is 43.2 cm³/mol. The van der Waals surface area contributed by atoms with Crippen LogP contribution in [0.1, 0.15) is 5.01 Å². The van der Waals surface area contributed by atoms with Crippen molar-refractivity contribution in [2.24, 2.45) is 0 Å². The fraction of sp³-hybridized carbons (Fsp3) is 0.500. The van der Waals surface area contributed by atoms with Crippen molar-refractivity contribution in [1.82, 2.24) is 15.5 Å². The second-order valence-electron chi connectivity index (χ2n) is 1.99. The van der Waals surface area contributed by atoms with Crippen molar-refractivity contribution in [3.63, 3.8) is 0 Å². The van der Waals surface area contributed by atoms with Crippen molar-refractivity contribution in [2.45, 2.75) is 6.54 Å². The van der Waals surface area contributed by atoms with Gasteiger partial charge in [0.25, 0.3) is 10.1 Å². The van der Waals surface area contributed by atoms with E-state index in [2.05, 4.69) is 15.5 Å². The lowest BCUT2D eigenvalue weighted by molar-refractivity contribution is 0.476. The van der Waals surface area contributed by atoms with E-state index in [1.165, 1.54) is 11.3 Å². The van der Waals surface area contributed by atoms with Crippen LogP contribution in [0.3, 0.4) is 0 Å². The van der Waals surface area contributed by atoms with Gasteiger partial charge in [0.05, 0.1) is 6.54 Å². The number of nitrogens with one attached hydrogen (secondary N) is 1. The number of hydrogen-bond acceptors (Lipinski definition) is 6. The van der Waals surface area contributed by atoms with Gasteiger partial charge in [0, 0.05) is 0 Å². The molecule has 0 aliphatic rings. The van der Waals surface area contributed by atoms with Gasteiger partial charge in [-0.1, -0.05) is 0 Å². The summed E-state index contributed by atoms with van der Waals surface area (Å²) in [6.07, 6.45) is 0. The Kier molecular flexibility index (Phi) is 3.09. The van der Waals surface area contributed by atoms with Gasteiger partial charge < -0.3 is 0 Å². The van der Waals surface area contributed by atoms with Gasteiger partial charge in [0.1, 0.15) is 16.4 Å². The molecule has 1 heterocycles. The predicted octanol–water partition coefficient (Wildman–Crippen LogP) is -0.527. The van der Waals surface area contributed by atoms with Gasteiger partial charge in [-0.25, -0.2) is 0 Å². The lowest BCUT2D eigenvalue weighted by atomic mass is 10.7. The lowest BCUT2D eigenvalue weighted by Crippen LogP contribution is -2.21. The Hall–Kier alpha value is -0.570. The Morgan fingerprint density at radius 2 is 2.42 bits per heavy atom. The molecule has 12 heavy (non-hydrogen) atoms. The summed E-state index contributed by atoms with van der Waals surface area (Å²) in [5, 5.41) is 10.4. The van der Waals surface area contributed by atoms with Crippen molar-refractivity contribution in [2.75, 3.05) is 5.88 Å². The van der Waals surface area contributed by atoms with Crippen LogP contribution in [0.2, 0.25) is 0 Å². The van der Waals surface area contributed by atoms with Crippen LogP contribution in [-0.4, -0.2) is 29.0 Å². The molecule has 0 amide bonds. The molecule has 0 bridgehead atoms. The summed E-state index contributed by atoms with van der Waals surface area (Å²) in [4.78, 5) is 0. The molecule has 6 nitrogen and oxygen atoms in total. The summed E-state index contributed by atoms with van der Waals surface area (Å²) >= 11 is 1.31. The fourth-order valence-corrected chi connectivity index (χ4v) is 1.42. The monoisotopic (exact) mass is 209 g/mol. The maximum atomic E-state index is 10.2. The van der Waals surface area contributed by atoms with E-state index < -0.39 is 16.0 Å². The van der Waals surface area contributed by atoms with Crippen LogP contribution in [0.4, 0.5) is 0 Å². The van der Waals surface area contributed by atoms with Crippen molar-refractivity contribution < 1.29 is 13.0 Å². The molecule has 0 fully saturated rings. The van der Waals surface area contributed by atoms with Gasteiger partial charge >= 0.3 is 0 Å². The number of rotatable bonds is 4. The van der Waals surface area contributed by atoms with Crippen LogP contribution >= 0.6 is 11.3 Å². The quantitative estimate of drug-likeness (QED) is 0.648. The first-order chi connectivity index (χ1) is 5.58. The Morgan fingerprint density at radius 3 is 2.92 bits per heavy atom. The molecule has 1 aromatic heterocycles. The average molecular weight is 209 g/mol. The smallest absolute Gasteiger partial charge is 0.278 e. The summed E-state index contributed by atoms with van der Waals surface area (Å²) in [7, 11) is -3.93. The van der Waals surface area contributed by atoms with Crippen molar-refractivity contribution in [3.8, 4) is 0 Å². The highest BCUT2D eigenvalue weighted by atomic mass is 32.2. The van der Waals surface area contributed by atoms with Gasteiger partial charge in [-0.05, 0) is 0 Å². The first-order valence-corrected chi connectivity index (χ1v) is 5.48. The van der Waals surface area contributed by atoms with E-state index in [1.54, 1.807) is 5.51 Å². The van der Waals surface area contributed by atoms with E-state index in [9.17, 15) is 8.42 Å². The molecular weight excluding hydrogens is 202 g/mol. The molecule has 68 valence electrons. The summed E-state index contributed by atoms with van der Waals surface area (Å²) in [5.41, 5.74) is 1.55. The van der Waals surface area contributed by atoms with E-state index in [-0.39, 0.29) is 0 Å². The molecule has 0 aromatic carbocycles. The molecule has 8 heteroatoms. The highest BCUT2D eigenvalue weighted by molar-refractivity contribution is 7.85. The molecule has 0 atom stereocenters. The largest absolute Gasteiger partial charge is 0.295 e. The SMILES string of the molecule is O=S(=O)(O)CNCc1nncs1. The second kappa shape index (κ2) is 3.90. The summed E-state index contributed by atoms with van der Waals surface area (Å²) in [6.45, 7) is 0.296. The molecule has 1 aromatic rings. The zero-order chi connectivity index (χ0) is 9.03. The molecule has 0 aliphatic heterocycles. The van der Waals surface area contributed by atoms with Crippen LogP contribution in [0, 0.1) is 0 Å². The van der Waals surface area contributed by atoms with Gasteiger partial charge in [0.2, 0.25) is 0 Å². The number of nitrogens with zero attached hydrogens (tertiary/aromatic N) is 2. The zero-order valence-corrected chi connectivity index (χ0v) is 7.60. The molecule has 0 spiro atoms.